The first-order valence-electron chi connectivity index (χ1n) is 11.0. The van der Waals surface area contributed by atoms with E-state index in [1.165, 1.54) is 25.7 Å². The smallest absolute Gasteiger partial charge is 0.463 e. The fraction of sp³-hybridized carbons (Fsp3) is 0.900. The molecule has 178 valence electrons. The predicted molar refractivity (Wildman–Crippen MR) is 114 cm³/mol. The van der Waals surface area contributed by atoms with Gasteiger partial charge in [-0.05, 0) is 12.8 Å². The molecule has 0 radical (unpaired) electrons. The predicted octanol–water partition coefficient (Wildman–Crippen LogP) is 3.47. The summed E-state index contributed by atoms with van der Waals surface area (Å²) in [7, 11) is -4.36. The van der Waals surface area contributed by atoms with Crippen LogP contribution in [0.2, 0.25) is 0 Å². The third kappa shape index (κ3) is 19.0. The van der Waals surface area contributed by atoms with E-state index >= 15 is 0 Å². The van der Waals surface area contributed by atoms with Crippen LogP contribution in [0.3, 0.4) is 0 Å². The number of amides is 1. The zero-order chi connectivity index (χ0) is 22.7. The first kappa shape index (κ1) is 29.0. The molecule has 10 heteroatoms. The van der Waals surface area contributed by atoms with Crippen LogP contribution in [-0.4, -0.2) is 54.3 Å². The summed E-state index contributed by atoms with van der Waals surface area (Å²) >= 11 is 0. The fourth-order valence-electron chi connectivity index (χ4n) is 2.53. The van der Waals surface area contributed by atoms with E-state index in [1.807, 2.05) is 6.92 Å². The van der Waals surface area contributed by atoms with Crippen LogP contribution in [0, 0.1) is 0 Å². The van der Waals surface area contributed by atoms with E-state index in [0.29, 0.717) is 12.8 Å². The lowest BCUT2D eigenvalue weighted by molar-refractivity contribution is -0.147. The molecule has 1 amide bonds. The Morgan fingerprint density at radius 3 is 2.20 bits per heavy atom. The molecule has 0 rings (SSSR count). The van der Waals surface area contributed by atoms with Gasteiger partial charge in [-0.25, -0.2) is 4.57 Å². The third-order valence-corrected chi connectivity index (χ3v) is 5.27. The van der Waals surface area contributed by atoms with Gasteiger partial charge in [-0.1, -0.05) is 58.8 Å². The molecular formula is C20H40NO8P. The van der Waals surface area contributed by atoms with Crippen molar-refractivity contribution in [2.75, 3.05) is 26.4 Å². The first-order valence-corrected chi connectivity index (χ1v) is 12.5. The second-order valence-corrected chi connectivity index (χ2v) is 8.71. The molecule has 0 spiro atoms. The number of esters is 1. The van der Waals surface area contributed by atoms with Crippen molar-refractivity contribution >= 4 is 19.7 Å². The van der Waals surface area contributed by atoms with Gasteiger partial charge < -0.3 is 20.1 Å². The highest BCUT2D eigenvalue weighted by Gasteiger charge is 2.23. The number of ether oxygens (including phenoxy) is 1. The molecule has 0 saturated carbocycles. The summed E-state index contributed by atoms with van der Waals surface area (Å²) in [6, 6.07) is 0. The quantitative estimate of drug-likeness (QED) is 0.145. The van der Waals surface area contributed by atoms with Crippen LogP contribution < -0.4 is 5.32 Å². The van der Waals surface area contributed by atoms with Crippen LogP contribution in [0.25, 0.3) is 0 Å². The van der Waals surface area contributed by atoms with Gasteiger partial charge in [0.1, 0.15) is 12.7 Å². The van der Waals surface area contributed by atoms with Crippen LogP contribution in [0.4, 0.5) is 0 Å². The summed E-state index contributed by atoms with van der Waals surface area (Å²) in [5.41, 5.74) is 0. The largest absolute Gasteiger partial charge is 0.472 e. The Labute approximate surface area is 180 Å². The number of nitrogens with one attached hydrogen (secondary N) is 1. The van der Waals surface area contributed by atoms with Gasteiger partial charge in [0.25, 0.3) is 0 Å². The number of unbranched alkanes of at least 4 members (excludes halogenated alkanes) is 7. The van der Waals surface area contributed by atoms with E-state index in [1.54, 1.807) is 0 Å². The van der Waals surface area contributed by atoms with E-state index < -0.39 is 26.5 Å². The molecule has 0 fully saturated rings. The SMILES string of the molecule is CCCCCCCCCC(=O)NCCOP(=O)(O)OCC(O)COC(=O)CCCC. The van der Waals surface area contributed by atoms with Crippen molar-refractivity contribution < 1.29 is 37.9 Å². The topological polar surface area (TPSA) is 131 Å². The van der Waals surface area contributed by atoms with Gasteiger partial charge >= 0.3 is 13.8 Å². The van der Waals surface area contributed by atoms with E-state index in [4.69, 9.17) is 9.26 Å². The maximum Gasteiger partial charge on any atom is 0.472 e. The van der Waals surface area contributed by atoms with Gasteiger partial charge in [0.05, 0.1) is 13.2 Å². The molecule has 0 aromatic heterocycles. The van der Waals surface area contributed by atoms with Gasteiger partial charge in [0, 0.05) is 19.4 Å². The zero-order valence-electron chi connectivity index (χ0n) is 18.5. The van der Waals surface area contributed by atoms with E-state index in [2.05, 4.69) is 16.8 Å². The normalized spacial score (nSPS) is 14.1. The van der Waals surface area contributed by atoms with E-state index in [9.17, 15) is 24.2 Å². The van der Waals surface area contributed by atoms with Gasteiger partial charge in [-0.3, -0.25) is 18.6 Å². The van der Waals surface area contributed by atoms with Crippen molar-refractivity contribution in [3.63, 3.8) is 0 Å². The highest BCUT2D eigenvalue weighted by Crippen LogP contribution is 2.42. The number of carbonyl (C=O) groups is 2. The summed E-state index contributed by atoms with van der Waals surface area (Å²) in [6.45, 7) is 3.17. The highest BCUT2D eigenvalue weighted by atomic mass is 31.2. The van der Waals surface area contributed by atoms with E-state index in [-0.39, 0.29) is 32.1 Å². The Morgan fingerprint density at radius 2 is 1.53 bits per heavy atom. The number of rotatable bonds is 20. The Balaban J connectivity index is 3.72. The highest BCUT2D eigenvalue weighted by molar-refractivity contribution is 7.47. The van der Waals surface area contributed by atoms with Gasteiger partial charge in [-0.2, -0.15) is 0 Å². The molecule has 2 unspecified atom stereocenters. The number of carbonyl (C=O) groups excluding carboxylic acids is 2. The Hall–Kier alpha value is -0.990. The van der Waals surface area contributed by atoms with Crippen molar-refractivity contribution in [2.45, 2.75) is 90.6 Å². The molecule has 0 aromatic carbocycles. The second kappa shape index (κ2) is 18.8. The maximum atomic E-state index is 11.7. The standard InChI is InChI=1S/C20H40NO8P/c1-3-5-7-8-9-10-11-12-19(23)21-14-15-28-30(25,26)29-17-18(22)16-27-20(24)13-6-4-2/h18,22H,3-17H2,1-2H3,(H,21,23)(H,25,26). The second-order valence-electron chi connectivity index (χ2n) is 7.26. The molecule has 0 aromatic rings. The van der Waals surface area contributed by atoms with Crippen LogP contribution in [-0.2, 0) is 27.9 Å². The van der Waals surface area contributed by atoms with Crippen molar-refractivity contribution in [2.24, 2.45) is 0 Å². The molecule has 0 aliphatic rings. The number of aliphatic hydroxyl groups excluding tert-OH is 1. The average Bonchev–Trinajstić information content (AvgIpc) is 2.71. The fourth-order valence-corrected chi connectivity index (χ4v) is 3.29. The van der Waals surface area contributed by atoms with Crippen LogP contribution in [0.15, 0.2) is 0 Å². The van der Waals surface area contributed by atoms with E-state index in [0.717, 1.165) is 25.7 Å². The van der Waals surface area contributed by atoms with Crippen molar-refractivity contribution in [3.8, 4) is 0 Å². The van der Waals surface area contributed by atoms with Crippen molar-refractivity contribution in [3.05, 3.63) is 0 Å². The Kier molecular flexibility index (Phi) is 18.1. The lowest BCUT2D eigenvalue weighted by Crippen LogP contribution is -2.27. The van der Waals surface area contributed by atoms with Crippen LogP contribution in [0.5, 0.6) is 0 Å². The molecule has 0 aliphatic carbocycles. The van der Waals surface area contributed by atoms with Gasteiger partial charge in [-0.15, -0.1) is 0 Å². The molecule has 0 saturated heterocycles. The third-order valence-electron chi connectivity index (χ3n) is 4.29. The molecule has 0 bridgehead atoms. The first-order chi connectivity index (χ1) is 14.3. The summed E-state index contributed by atoms with van der Waals surface area (Å²) in [4.78, 5) is 32.6. The minimum Gasteiger partial charge on any atom is -0.463 e. The molecule has 0 heterocycles. The molecule has 30 heavy (non-hydrogen) atoms. The van der Waals surface area contributed by atoms with Crippen molar-refractivity contribution in [1.29, 1.82) is 0 Å². The Bertz CT molecular complexity index is 503. The molecule has 0 aliphatic heterocycles. The summed E-state index contributed by atoms with van der Waals surface area (Å²) in [5.74, 6) is -0.562. The lowest BCUT2D eigenvalue weighted by atomic mass is 10.1. The minimum absolute atomic E-state index is 0.0842. The number of aliphatic hydroxyl groups is 1. The zero-order valence-corrected chi connectivity index (χ0v) is 19.4. The molecule has 3 N–H and O–H groups in total. The van der Waals surface area contributed by atoms with Crippen molar-refractivity contribution in [1.82, 2.24) is 5.32 Å². The minimum atomic E-state index is -4.36. The number of phosphoric ester groups is 1. The lowest BCUT2D eigenvalue weighted by Gasteiger charge is -2.15. The number of hydrogen-bond acceptors (Lipinski definition) is 7. The number of hydrogen-bond donors (Lipinski definition) is 3. The molecule has 9 nitrogen and oxygen atoms in total. The molecule has 2 atom stereocenters. The number of phosphoric acid groups is 1. The summed E-state index contributed by atoms with van der Waals surface area (Å²) in [5, 5.41) is 12.3. The van der Waals surface area contributed by atoms with Gasteiger partial charge in [0.15, 0.2) is 0 Å². The summed E-state index contributed by atoms with van der Waals surface area (Å²) in [6.07, 6.45) is 8.87. The van der Waals surface area contributed by atoms with Gasteiger partial charge in [0.2, 0.25) is 5.91 Å². The average molecular weight is 454 g/mol. The van der Waals surface area contributed by atoms with Crippen LogP contribution >= 0.6 is 7.82 Å². The molecular weight excluding hydrogens is 413 g/mol. The van der Waals surface area contributed by atoms with Crippen LogP contribution in [0.1, 0.15) is 84.5 Å². The summed E-state index contributed by atoms with van der Waals surface area (Å²) < 4.78 is 26.0. The maximum absolute atomic E-state index is 11.7. The monoisotopic (exact) mass is 453 g/mol. The Morgan fingerprint density at radius 1 is 0.900 bits per heavy atom.